The van der Waals surface area contributed by atoms with Gasteiger partial charge in [-0.3, -0.25) is 9.67 Å². The van der Waals surface area contributed by atoms with E-state index in [0.717, 1.165) is 18.3 Å². The number of nitrogens with zero attached hydrogens (tertiary/aromatic N) is 4. The minimum atomic E-state index is 0. The summed E-state index contributed by atoms with van der Waals surface area (Å²) in [4.78, 5) is 8.32. The molecular weight excluding hydrogens is 367 g/mol. The molecule has 0 amide bonds. The largest absolute Gasteiger partial charge is 0.352 e. The third-order valence-corrected chi connectivity index (χ3v) is 2.75. The first-order valence-corrected chi connectivity index (χ1v) is 6.11. The minimum absolute atomic E-state index is 0. The highest BCUT2D eigenvalue weighted by molar-refractivity contribution is 14.0. The van der Waals surface area contributed by atoms with Crippen LogP contribution in [0.3, 0.4) is 0 Å². The molecule has 6 nitrogen and oxygen atoms in total. The van der Waals surface area contributed by atoms with Crippen molar-refractivity contribution in [3.8, 4) is 0 Å². The van der Waals surface area contributed by atoms with Crippen molar-refractivity contribution in [3.05, 3.63) is 48.0 Å². The van der Waals surface area contributed by atoms with Crippen LogP contribution in [-0.2, 0) is 20.1 Å². The second-order valence-electron chi connectivity index (χ2n) is 4.06. The fourth-order valence-corrected chi connectivity index (χ4v) is 1.65. The molecule has 0 aliphatic rings. The summed E-state index contributed by atoms with van der Waals surface area (Å²) in [7, 11) is 3.61. The highest BCUT2D eigenvalue weighted by Gasteiger charge is 2.02. The first kappa shape index (κ1) is 16.4. The van der Waals surface area contributed by atoms with Crippen molar-refractivity contribution in [1.82, 2.24) is 25.4 Å². The third kappa shape index (κ3) is 4.80. The van der Waals surface area contributed by atoms with Gasteiger partial charge in [-0.2, -0.15) is 5.10 Å². The Balaban J connectivity index is 0.00000200. The molecule has 2 rings (SSSR count). The predicted octanol–water partition coefficient (Wildman–Crippen LogP) is 1.30. The van der Waals surface area contributed by atoms with Crippen LogP contribution < -0.4 is 10.6 Å². The van der Waals surface area contributed by atoms with E-state index in [4.69, 9.17) is 0 Å². The van der Waals surface area contributed by atoms with Gasteiger partial charge in [0.15, 0.2) is 5.96 Å². The molecule has 0 fully saturated rings. The maximum atomic E-state index is 4.17. The van der Waals surface area contributed by atoms with Crippen LogP contribution in [0.5, 0.6) is 0 Å². The molecule has 0 radical (unpaired) electrons. The van der Waals surface area contributed by atoms with Gasteiger partial charge in [0, 0.05) is 20.6 Å². The molecule has 0 spiro atoms. The summed E-state index contributed by atoms with van der Waals surface area (Å²) in [5.41, 5.74) is 1.21. The van der Waals surface area contributed by atoms with Crippen molar-refractivity contribution in [3.63, 3.8) is 0 Å². The average molecular weight is 386 g/mol. The Morgan fingerprint density at radius 1 is 1.20 bits per heavy atom. The first-order chi connectivity index (χ1) is 9.29. The molecule has 0 aliphatic carbocycles. The SMILES string of the molecule is CN=C(NCc1ccccc1)NCc1ncnn1C.I. The second-order valence-corrected chi connectivity index (χ2v) is 4.06. The summed E-state index contributed by atoms with van der Waals surface area (Å²) < 4.78 is 1.73. The Bertz CT molecular complexity index is 537. The van der Waals surface area contributed by atoms with Crippen LogP contribution in [0.1, 0.15) is 11.4 Å². The number of aliphatic imine (C=N–C) groups is 1. The van der Waals surface area contributed by atoms with E-state index in [9.17, 15) is 0 Å². The van der Waals surface area contributed by atoms with Gasteiger partial charge in [-0.15, -0.1) is 24.0 Å². The Labute approximate surface area is 135 Å². The molecule has 1 aromatic heterocycles. The smallest absolute Gasteiger partial charge is 0.191 e. The zero-order valence-electron chi connectivity index (χ0n) is 11.6. The zero-order valence-corrected chi connectivity index (χ0v) is 13.9. The molecule has 20 heavy (non-hydrogen) atoms. The Hall–Kier alpha value is -1.64. The molecule has 0 aliphatic heterocycles. The van der Waals surface area contributed by atoms with Crippen LogP contribution in [0.2, 0.25) is 0 Å². The molecule has 0 unspecified atom stereocenters. The highest BCUT2D eigenvalue weighted by atomic mass is 127. The average Bonchev–Trinajstić information content (AvgIpc) is 2.86. The molecule has 108 valence electrons. The zero-order chi connectivity index (χ0) is 13.5. The van der Waals surface area contributed by atoms with E-state index < -0.39 is 0 Å². The van der Waals surface area contributed by atoms with Gasteiger partial charge in [0.2, 0.25) is 0 Å². The van der Waals surface area contributed by atoms with Gasteiger partial charge >= 0.3 is 0 Å². The molecule has 2 N–H and O–H groups in total. The fourth-order valence-electron chi connectivity index (χ4n) is 1.65. The summed E-state index contributed by atoms with van der Waals surface area (Å²) >= 11 is 0. The van der Waals surface area contributed by atoms with E-state index in [1.54, 1.807) is 11.7 Å². The highest BCUT2D eigenvalue weighted by Crippen LogP contribution is 1.97. The number of aromatic nitrogens is 3. The van der Waals surface area contributed by atoms with Gasteiger partial charge in [0.1, 0.15) is 12.2 Å². The molecule has 0 atom stereocenters. The number of guanidine groups is 1. The van der Waals surface area contributed by atoms with Crippen LogP contribution in [0.25, 0.3) is 0 Å². The van der Waals surface area contributed by atoms with Crippen LogP contribution in [0.15, 0.2) is 41.7 Å². The molecule has 0 bridgehead atoms. The van der Waals surface area contributed by atoms with Gasteiger partial charge in [-0.05, 0) is 5.56 Å². The monoisotopic (exact) mass is 386 g/mol. The lowest BCUT2D eigenvalue weighted by Crippen LogP contribution is -2.36. The Morgan fingerprint density at radius 2 is 1.90 bits per heavy atom. The van der Waals surface area contributed by atoms with Gasteiger partial charge in [0.05, 0.1) is 6.54 Å². The molecule has 1 heterocycles. The van der Waals surface area contributed by atoms with Crippen molar-refractivity contribution in [2.45, 2.75) is 13.1 Å². The van der Waals surface area contributed by atoms with Gasteiger partial charge in [-0.25, -0.2) is 4.98 Å². The number of rotatable bonds is 4. The van der Waals surface area contributed by atoms with Crippen molar-refractivity contribution < 1.29 is 0 Å². The number of hydrogen-bond acceptors (Lipinski definition) is 3. The van der Waals surface area contributed by atoms with E-state index in [0.29, 0.717) is 6.54 Å². The quantitative estimate of drug-likeness (QED) is 0.472. The molecule has 0 saturated heterocycles. The lowest BCUT2D eigenvalue weighted by Gasteiger charge is -2.11. The summed E-state index contributed by atoms with van der Waals surface area (Å²) in [6, 6.07) is 10.2. The summed E-state index contributed by atoms with van der Waals surface area (Å²) in [5, 5.41) is 10.5. The topological polar surface area (TPSA) is 67.1 Å². The van der Waals surface area contributed by atoms with Crippen LogP contribution in [0, 0.1) is 0 Å². The van der Waals surface area contributed by atoms with E-state index in [-0.39, 0.29) is 24.0 Å². The van der Waals surface area contributed by atoms with Crippen molar-refractivity contribution in [2.75, 3.05) is 7.05 Å². The fraction of sp³-hybridized carbons (Fsp3) is 0.308. The number of aryl methyl sites for hydroxylation is 1. The molecule has 1 aromatic carbocycles. The van der Waals surface area contributed by atoms with Crippen LogP contribution in [-0.4, -0.2) is 27.8 Å². The summed E-state index contributed by atoms with van der Waals surface area (Å²) in [5.74, 6) is 1.61. The lowest BCUT2D eigenvalue weighted by atomic mass is 10.2. The normalized spacial score (nSPS) is 10.8. The lowest BCUT2D eigenvalue weighted by molar-refractivity contribution is 0.672. The van der Waals surface area contributed by atoms with Crippen molar-refractivity contribution >= 4 is 29.9 Å². The Kier molecular flexibility index (Phi) is 6.99. The van der Waals surface area contributed by atoms with E-state index in [1.807, 2.05) is 25.2 Å². The van der Waals surface area contributed by atoms with Crippen LogP contribution in [0.4, 0.5) is 0 Å². The van der Waals surface area contributed by atoms with Crippen molar-refractivity contribution in [2.24, 2.45) is 12.0 Å². The Morgan fingerprint density at radius 3 is 2.50 bits per heavy atom. The number of benzene rings is 1. The van der Waals surface area contributed by atoms with E-state index >= 15 is 0 Å². The second kappa shape index (κ2) is 8.51. The van der Waals surface area contributed by atoms with E-state index in [1.165, 1.54) is 11.9 Å². The van der Waals surface area contributed by atoms with Gasteiger partial charge < -0.3 is 10.6 Å². The molecule has 2 aromatic rings. The number of nitrogens with one attached hydrogen (secondary N) is 2. The summed E-state index contributed by atoms with van der Waals surface area (Å²) in [6.07, 6.45) is 1.54. The molecule has 7 heteroatoms. The standard InChI is InChI=1S/C13H18N6.HI/c1-14-13(15-8-11-6-4-3-5-7-11)16-9-12-17-10-18-19(12)2;/h3-7,10H,8-9H2,1-2H3,(H2,14,15,16);1H. The maximum Gasteiger partial charge on any atom is 0.191 e. The predicted molar refractivity (Wildman–Crippen MR) is 89.9 cm³/mol. The number of hydrogen-bond donors (Lipinski definition) is 2. The molecule has 0 saturated carbocycles. The first-order valence-electron chi connectivity index (χ1n) is 6.11. The molecular formula is C13H19IN6. The van der Waals surface area contributed by atoms with E-state index in [2.05, 4.69) is 37.8 Å². The third-order valence-electron chi connectivity index (χ3n) is 2.75. The maximum absolute atomic E-state index is 4.17. The minimum Gasteiger partial charge on any atom is -0.352 e. The van der Waals surface area contributed by atoms with Crippen molar-refractivity contribution in [1.29, 1.82) is 0 Å². The van der Waals surface area contributed by atoms with Crippen LogP contribution >= 0.6 is 24.0 Å². The number of halogens is 1. The summed E-state index contributed by atoms with van der Waals surface area (Å²) in [6.45, 7) is 1.32. The van der Waals surface area contributed by atoms with Gasteiger partial charge in [0.25, 0.3) is 0 Å². The van der Waals surface area contributed by atoms with Gasteiger partial charge in [-0.1, -0.05) is 30.3 Å².